The van der Waals surface area contributed by atoms with E-state index in [0.29, 0.717) is 12.6 Å². The number of hydrogen-bond donors (Lipinski definition) is 2. The molecule has 1 aliphatic rings. The minimum Gasteiger partial charge on any atom is -0.461 e. The van der Waals surface area contributed by atoms with E-state index in [0.717, 1.165) is 61.6 Å². The summed E-state index contributed by atoms with van der Waals surface area (Å²) in [7, 11) is 0. The number of fused-ring (bicyclic) bond motifs is 1. The molecule has 29 heavy (non-hydrogen) atoms. The topological polar surface area (TPSA) is 52.8 Å². The summed E-state index contributed by atoms with van der Waals surface area (Å²) in [6.07, 6.45) is 3.07. The van der Waals surface area contributed by atoms with Crippen LogP contribution >= 0.6 is 35.3 Å². The normalized spacial score (nSPS) is 15.3. The lowest BCUT2D eigenvalue weighted by molar-refractivity contribution is 0.462. The minimum atomic E-state index is 0. The van der Waals surface area contributed by atoms with Crippen LogP contribution in [0.1, 0.15) is 25.5 Å². The molecule has 0 saturated carbocycles. The van der Waals surface area contributed by atoms with Crippen LogP contribution in [0, 0.1) is 0 Å². The van der Waals surface area contributed by atoms with Crippen LogP contribution in [0.5, 0.6) is 0 Å². The minimum absolute atomic E-state index is 0. The van der Waals surface area contributed by atoms with Crippen molar-refractivity contribution in [2.45, 2.75) is 32.2 Å². The van der Waals surface area contributed by atoms with Gasteiger partial charge in [-0.2, -0.15) is 0 Å². The van der Waals surface area contributed by atoms with Gasteiger partial charge in [0.05, 0.1) is 5.00 Å². The molecule has 0 aliphatic carbocycles. The van der Waals surface area contributed by atoms with E-state index in [-0.39, 0.29) is 24.0 Å². The molecule has 1 saturated heterocycles. The molecule has 7 heteroatoms. The lowest BCUT2D eigenvalue weighted by atomic mass is 10.1. The number of para-hydroxylation sites is 1. The van der Waals surface area contributed by atoms with Gasteiger partial charge in [-0.15, -0.1) is 35.3 Å². The number of nitrogens with one attached hydrogen (secondary N) is 2. The molecule has 0 unspecified atom stereocenters. The van der Waals surface area contributed by atoms with Gasteiger partial charge in [-0.05, 0) is 49.4 Å². The summed E-state index contributed by atoms with van der Waals surface area (Å²) in [5.74, 6) is 1.90. The van der Waals surface area contributed by atoms with E-state index in [1.54, 1.807) is 0 Å². The molecule has 0 spiro atoms. The smallest absolute Gasteiger partial charge is 0.191 e. The number of aliphatic imine (C=N–C) groups is 1. The average molecular weight is 524 g/mol. The van der Waals surface area contributed by atoms with Gasteiger partial charge in [0.25, 0.3) is 0 Å². The van der Waals surface area contributed by atoms with Crippen LogP contribution in [0.25, 0.3) is 11.0 Å². The number of halogens is 1. The zero-order valence-corrected chi connectivity index (χ0v) is 19.9. The van der Waals surface area contributed by atoms with Gasteiger partial charge in [0, 0.05) is 44.0 Å². The molecular weight excluding hydrogens is 495 g/mol. The Balaban J connectivity index is 0.00000240. The Morgan fingerprint density at radius 2 is 2.03 bits per heavy atom. The van der Waals surface area contributed by atoms with Gasteiger partial charge in [-0.25, -0.2) is 0 Å². The highest BCUT2D eigenvalue weighted by atomic mass is 127. The standard InChI is InChI=1S/C22H28N4OS.HI/c1-2-23-22(24-12-9-19-16-17-6-3-4-7-20(17)27-19)25-18-10-13-26(14-11-18)21-8-5-15-28-21;/h3-8,15-16,18H,2,9-14H2,1H3,(H2,23,24,25);1H. The summed E-state index contributed by atoms with van der Waals surface area (Å²) < 4.78 is 5.89. The van der Waals surface area contributed by atoms with Crippen molar-refractivity contribution >= 4 is 57.2 Å². The van der Waals surface area contributed by atoms with Crippen LogP contribution < -0.4 is 15.5 Å². The molecule has 4 rings (SSSR count). The van der Waals surface area contributed by atoms with Crippen LogP contribution in [0.4, 0.5) is 5.00 Å². The maximum atomic E-state index is 5.89. The van der Waals surface area contributed by atoms with Crippen molar-refractivity contribution in [2.75, 3.05) is 31.1 Å². The van der Waals surface area contributed by atoms with E-state index in [9.17, 15) is 0 Å². The number of anilines is 1. The maximum Gasteiger partial charge on any atom is 0.191 e. The first kappa shape index (κ1) is 22.0. The lowest BCUT2D eigenvalue weighted by Crippen LogP contribution is -2.48. The van der Waals surface area contributed by atoms with Crippen molar-refractivity contribution in [1.29, 1.82) is 0 Å². The van der Waals surface area contributed by atoms with Crippen LogP contribution in [0.2, 0.25) is 0 Å². The van der Waals surface area contributed by atoms with Gasteiger partial charge in [0.15, 0.2) is 5.96 Å². The second-order valence-electron chi connectivity index (χ2n) is 7.12. The Kier molecular flexibility index (Phi) is 8.23. The van der Waals surface area contributed by atoms with Crippen molar-refractivity contribution in [1.82, 2.24) is 10.6 Å². The largest absolute Gasteiger partial charge is 0.461 e. The lowest BCUT2D eigenvalue weighted by Gasteiger charge is -2.33. The third kappa shape index (κ3) is 5.88. The Morgan fingerprint density at radius 1 is 1.21 bits per heavy atom. The molecule has 0 amide bonds. The number of piperidine rings is 1. The molecule has 3 aromatic rings. The van der Waals surface area contributed by atoms with Gasteiger partial charge in [-0.1, -0.05) is 18.2 Å². The second kappa shape index (κ2) is 10.9. The fourth-order valence-electron chi connectivity index (χ4n) is 3.65. The van der Waals surface area contributed by atoms with Gasteiger partial charge < -0.3 is 20.0 Å². The van der Waals surface area contributed by atoms with Gasteiger partial charge in [0.2, 0.25) is 0 Å². The summed E-state index contributed by atoms with van der Waals surface area (Å²) in [5.41, 5.74) is 0.948. The molecule has 1 aliphatic heterocycles. The number of rotatable bonds is 6. The predicted molar refractivity (Wildman–Crippen MR) is 134 cm³/mol. The molecule has 1 fully saturated rings. The third-order valence-electron chi connectivity index (χ3n) is 5.10. The van der Waals surface area contributed by atoms with Gasteiger partial charge in [-0.3, -0.25) is 4.99 Å². The Bertz CT molecular complexity index is 868. The van der Waals surface area contributed by atoms with Crippen molar-refractivity contribution < 1.29 is 4.42 Å². The predicted octanol–water partition coefficient (Wildman–Crippen LogP) is 4.88. The Morgan fingerprint density at radius 3 is 2.76 bits per heavy atom. The molecule has 1 aromatic carbocycles. The molecular formula is C22H29IN4OS. The maximum absolute atomic E-state index is 5.89. The SMILES string of the molecule is CCNC(=NCCc1cc2ccccc2o1)NC1CCN(c2cccs2)CC1.I. The fourth-order valence-corrected chi connectivity index (χ4v) is 4.43. The summed E-state index contributed by atoms with van der Waals surface area (Å²) >= 11 is 1.82. The highest BCUT2D eigenvalue weighted by molar-refractivity contribution is 14.0. The van der Waals surface area contributed by atoms with Crippen molar-refractivity contribution in [3.8, 4) is 0 Å². The number of hydrogen-bond acceptors (Lipinski definition) is 4. The molecule has 5 nitrogen and oxygen atoms in total. The quantitative estimate of drug-likeness (QED) is 0.274. The van der Waals surface area contributed by atoms with Gasteiger partial charge in [0.1, 0.15) is 11.3 Å². The second-order valence-corrected chi connectivity index (χ2v) is 8.04. The fraction of sp³-hybridized carbons (Fsp3) is 0.409. The van der Waals surface area contributed by atoms with Crippen molar-refractivity contribution in [2.24, 2.45) is 4.99 Å². The van der Waals surface area contributed by atoms with Crippen LogP contribution in [0.3, 0.4) is 0 Å². The number of benzene rings is 1. The third-order valence-corrected chi connectivity index (χ3v) is 6.03. The van der Waals surface area contributed by atoms with Crippen LogP contribution in [-0.2, 0) is 6.42 Å². The van der Waals surface area contributed by atoms with E-state index >= 15 is 0 Å². The molecule has 2 N–H and O–H groups in total. The van der Waals surface area contributed by atoms with Crippen molar-refractivity contribution in [3.63, 3.8) is 0 Å². The van der Waals surface area contributed by atoms with Crippen LogP contribution in [-0.4, -0.2) is 38.2 Å². The molecule has 0 bridgehead atoms. The molecule has 0 atom stereocenters. The Hall–Kier alpha value is -1.74. The highest BCUT2D eigenvalue weighted by Gasteiger charge is 2.20. The molecule has 156 valence electrons. The highest BCUT2D eigenvalue weighted by Crippen LogP contribution is 2.24. The average Bonchev–Trinajstić information content (AvgIpc) is 3.38. The molecule has 2 aromatic heterocycles. The number of guanidine groups is 1. The zero-order valence-electron chi connectivity index (χ0n) is 16.8. The monoisotopic (exact) mass is 524 g/mol. The summed E-state index contributed by atoms with van der Waals surface area (Å²) in [5, 5.41) is 11.7. The summed E-state index contributed by atoms with van der Waals surface area (Å²) in [6.45, 7) is 5.87. The molecule has 0 radical (unpaired) electrons. The molecule has 3 heterocycles. The van der Waals surface area contributed by atoms with E-state index in [2.05, 4.69) is 52.1 Å². The number of thiophene rings is 1. The summed E-state index contributed by atoms with van der Waals surface area (Å²) in [6, 6.07) is 15.1. The zero-order chi connectivity index (χ0) is 19.2. The summed E-state index contributed by atoms with van der Waals surface area (Å²) in [4.78, 5) is 7.25. The van der Waals surface area contributed by atoms with Crippen LogP contribution in [0.15, 0.2) is 57.3 Å². The Labute approximate surface area is 193 Å². The first-order valence-electron chi connectivity index (χ1n) is 10.1. The van der Waals surface area contributed by atoms with E-state index in [1.165, 1.54) is 5.00 Å². The van der Waals surface area contributed by atoms with E-state index in [1.807, 2.05) is 29.5 Å². The number of furan rings is 1. The number of nitrogens with zero attached hydrogens (tertiary/aromatic N) is 2. The van der Waals surface area contributed by atoms with Gasteiger partial charge >= 0.3 is 0 Å². The van der Waals surface area contributed by atoms with Crippen molar-refractivity contribution in [3.05, 3.63) is 53.6 Å². The first-order valence-corrected chi connectivity index (χ1v) is 11.0. The van der Waals surface area contributed by atoms with E-state index in [4.69, 9.17) is 9.41 Å². The first-order chi connectivity index (χ1) is 13.8. The van der Waals surface area contributed by atoms with E-state index < -0.39 is 0 Å².